The molecule has 25 nitrogen and oxygen atoms in total. The lowest BCUT2D eigenvalue weighted by molar-refractivity contribution is -0.0450. The minimum Gasteiger partial charge on any atom is -0.390 e. The summed E-state index contributed by atoms with van der Waals surface area (Å²) >= 11 is 0. The molecule has 0 aliphatic carbocycles. The first-order valence-corrected chi connectivity index (χ1v) is 24.7. The molecule has 53 heavy (non-hydrogen) atoms. The molecule has 1 fully saturated rings. The lowest BCUT2D eigenvalue weighted by Gasteiger charge is -2.21. The van der Waals surface area contributed by atoms with E-state index in [2.05, 4.69) is 37.5 Å². The van der Waals surface area contributed by atoms with Crippen LogP contribution in [0, 0.1) is 6.92 Å². The Morgan fingerprint density at radius 2 is 1.11 bits per heavy atom. The van der Waals surface area contributed by atoms with Crippen molar-refractivity contribution >= 4 is 46.9 Å². The van der Waals surface area contributed by atoms with E-state index in [1.165, 1.54) is 13.3 Å². The van der Waals surface area contributed by atoms with Crippen LogP contribution in [0.15, 0.2) is 15.8 Å². The number of aromatic amines is 1. The molecule has 9 atom stereocenters. The van der Waals surface area contributed by atoms with E-state index < -0.39 is 89.8 Å². The van der Waals surface area contributed by atoms with Crippen LogP contribution >= 0.6 is 46.9 Å². The van der Waals surface area contributed by atoms with Crippen molar-refractivity contribution in [3.05, 3.63) is 32.6 Å². The summed E-state index contributed by atoms with van der Waals surface area (Å²) in [6.45, 7) is 1.94. The maximum atomic E-state index is 12.2. The van der Waals surface area contributed by atoms with Gasteiger partial charge in [0.15, 0.2) is 0 Å². The van der Waals surface area contributed by atoms with Crippen LogP contribution in [-0.4, -0.2) is 69.4 Å². The summed E-state index contributed by atoms with van der Waals surface area (Å²) in [5, 5.41) is 10.2. The summed E-state index contributed by atoms with van der Waals surface area (Å²) in [6, 6.07) is 0. The summed E-state index contributed by atoms with van der Waals surface area (Å²) in [5.74, 6) is 0. The van der Waals surface area contributed by atoms with Gasteiger partial charge in [-0.1, -0.05) is 64.7 Å². The minimum absolute atomic E-state index is 0.0953. The number of aryl methyl sites for hydroxylation is 1. The molecule has 1 aliphatic heterocycles. The first kappa shape index (κ1) is 48.6. The van der Waals surface area contributed by atoms with Crippen LogP contribution in [0.3, 0.4) is 0 Å². The Hall–Kier alpha value is -0.540. The highest BCUT2D eigenvalue weighted by atomic mass is 31.3. The quantitative estimate of drug-likeness (QED) is 0.0478. The Morgan fingerprint density at radius 1 is 0.698 bits per heavy atom. The van der Waals surface area contributed by atoms with E-state index in [1.54, 1.807) is 0 Å². The number of aliphatic hydroxyl groups is 1. The van der Waals surface area contributed by atoms with Crippen LogP contribution in [0.4, 0.5) is 0 Å². The lowest BCUT2D eigenvalue weighted by atomic mass is 10.1. The van der Waals surface area contributed by atoms with Crippen molar-refractivity contribution in [2.75, 3.05) is 13.2 Å². The molecule has 8 N–H and O–H groups in total. The van der Waals surface area contributed by atoms with E-state index in [4.69, 9.17) is 4.74 Å². The molecular formula is C22H44N2O23P6. The van der Waals surface area contributed by atoms with Gasteiger partial charge in [-0.2, -0.15) is 21.6 Å². The fraction of sp³-hybridized carbons (Fsp3) is 0.818. The van der Waals surface area contributed by atoms with Crippen molar-refractivity contribution < 1.29 is 97.2 Å². The normalized spacial score (nSPS) is 24.7. The van der Waals surface area contributed by atoms with Gasteiger partial charge in [0.05, 0.1) is 19.3 Å². The second-order valence-corrected chi connectivity index (χ2v) is 20.8. The van der Waals surface area contributed by atoms with Crippen molar-refractivity contribution in [1.82, 2.24) is 9.55 Å². The molecule has 0 aromatic carbocycles. The topological polar surface area (TPSA) is 373 Å². The molecule has 1 aromatic heterocycles. The van der Waals surface area contributed by atoms with Crippen LogP contribution in [0.25, 0.3) is 0 Å². The third-order valence-corrected chi connectivity index (χ3v) is 16.1. The Balaban J connectivity index is 1.84. The zero-order valence-electron chi connectivity index (χ0n) is 28.3. The number of rotatable bonds is 26. The molecule has 2 heterocycles. The largest absolute Gasteiger partial charge is 0.490 e. The van der Waals surface area contributed by atoms with Crippen LogP contribution in [0.2, 0.25) is 0 Å². The number of hydrogen-bond donors (Lipinski definition) is 8. The molecule has 0 spiro atoms. The van der Waals surface area contributed by atoms with E-state index in [0.29, 0.717) is 6.42 Å². The van der Waals surface area contributed by atoms with Crippen molar-refractivity contribution in [1.29, 1.82) is 0 Å². The standard InChI is InChI=1S/C22H44N2O23P6/c1-3-4-5-6-7-8-9-10-11-12-13-40-48(28,29)43-50(32,33)45-52(36,37)47-53(38,39)46-51(34,35)44-49(30,31)41-16-19-18(25)14-20(42-19)24-15-17(2)21(26)23-22(24)27/h15,18-20,25H,3-14,16H2,1-2H3,(H,28,29)(H,30,31)(H,32,33)(H,34,35)(H,36,37)(H,38,39)(H,23,26,27)/t18?,19-,20-/m0/s1. The molecule has 0 radical (unpaired) electrons. The van der Waals surface area contributed by atoms with E-state index >= 15 is 0 Å². The lowest BCUT2D eigenvalue weighted by Crippen LogP contribution is -2.33. The number of phosphoric ester groups is 2. The molecular weight excluding hydrogens is 846 g/mol. The molecule has 0 saturated carbocycles. The molecule has 2 rings (SSSR count). The van der Waals surface area contributed by atoms with Gasteiger partial charge in [-0.25, -0.2) is 32.2 Å². The summed E-state index contributed by atoms with van der Waals surface area (Å²) in [7, 11) is -36.5. The number of aliphatic hydroxyl groups excluding tert-OH is 1. The van der Waals surface area contributed by atoms with E-state index in [-0.39, 0.29) is 18.4 Å². The van der Waals surface area contributed by atoms with Crippen molar-refractivity contribution in [2.24, 2.45) is 0 Å². The average Bonchev–Trinajstić information content (AvgIpc) is 3.33. The maximum absolute atomic E-state index is 12.2. The highest BCUT2D eigenvalue weighted by molar-refractivity contribution is 7.72. The molecule has 0 amide bonds. The first-order valence-electron chi connectivity index (χ1n) is 15.7. The molecule has 7 unspecified atom stereocenters. The fourth-order valence-electron chi connectivity index (χ4n) is 4.53. The number of H-pyrrole nitrogens is 1. The molecule has 1 aromatic rings. The van der Waals surface area contributed by atoms with Crippen molar-refractivity contribution in [2.45, 2.75) is 103 Å². The minimum atomic E-state index is -6.44. The van der Waals surface area contributed by atoms with Crippen LogP contribution in [0.1, 0.15) is 89.3 Å². The van der Waals surface area contributed by atoms with Gasteiger partial charge in [0.2, 0.25) is 0 Å². The summed E-state index contributed by atoms with van der Waals surface area (Å²) in [5.41, 5.74) is -1.52. The number of nitrogens with zero attached hydrogens (tertiary/aromatic N) is 1. The predicted molar refractivity (Wildman–Crippen MR) is 179 cm³/mol. The van der Waals surface area contributed by atoms with Gasteiger partial charge in [0.25, 0.3) is 5.56 Å². The zero-order chi connectivity index (χ0) is 40.3. The Labute approximate surface area is 302 Å². The van der Waals surface area contributed by atoms with E-state index in [0.717, 1.165) is 55.7 Å². The SMILES string of the molecule is CCCCCCCCCCCCOP(=O)(O)OP(=O)(O)OP(=O)(O)OP(=O)(O)OP(=O)(O)OP(=O)(O)OC[C@@H]1O[C@H](n2cc(C)c(=O)[nH]c2=O)CC1O. The third kappa shape index (κ3) is 19.0. The fourth-order valence-corrected chi connectivity index (χ4v) is 12.4. The van der Waals surface area contributed by atoms with Crippen molar-refractivity contribution in [3.8, 4) is 0 Å². The van der Waals surface area contributed by atoms with Gasteiger partial charge < -0.3 is 39.2 Å². The third-order valence-electron chi connectivity index (χ3n) is 6.85. The van der Waals surface area contributed by atoms with Gasteiger partial charge in [-0.3, -0.25) is 23.4 Å². The van der Waals surface area contributed by atoms with Gasteiger partial charge in [0.1, 0.15) is 12.3 Å². The Bertz CT molecular complexity index is 1770. The van der Waals surface area contributed by atoms with Gasteiger partial charge in [-0.15, -0.1) is 0 Å². The number of ether oxygens (including phenoxy) is 1. The maximum Gasteiger partial charge on any atom is 0.490 e. The Kier molecular flexibility index (Phi) is 19.0. The number of nitrogens with one attached hydrogen (secondary N) is 1. The zero-order valence-corrected chi connectivity index (χ0v) is 33.7. The molecule has 1 saturated heterocycles. The van der Waals surface area contributed by atoms with Gasteiger partial charge in [-0.05, 0) is 13.3 Å². The smallest absolute Gasteiger partial charge is 0.390 e. The van der Waals surface area contributed by atoms with E-state index in [1.807, 2.05) is 4.98 Å². The molecule has 310 valence electrons. The summed E-state index contributed by atoms with van der Waals surface area (Å²) < 4.78 is 106. The van der Waals surface area contributed by atoms with Crippen LogP contribution in [0.5, 0.6) is 0 Å². The molecule has 1 aliphatic rings. The molecule has 31 heteroatoms. The van der Waals surface area contributed by atoms with Crippen LogP contribution in [-0.2, 0) is 62.7 Å². The molecule has 0 bridgehead atoms. The highest BCUT2D eigenvalue weighted by Crippen LogP contribution is 2.75. The number of aromatic nitrogens is 2. The van der Waals surface area contributed by atoms with Crippen molar-refractivity contribution in [3.63, 3.8) is 0 Å². The number of unbranched alkanes of at least 4 members (excludes halogenated alkanes) is 9. The predicted octanol–water partition coefficient (Wildman–Crippen LogP) is 4.13. The Morgan fingerprint density at radius 3 is 1.58 bits per heavy atom. The average molecular weight is 890 g/mol. The van der Waals surface area contributed by atoms with Gasteiger partial charge in [0, 0.05) is 18.2 Å². The van der Waals surface area contributed by atoms with Crippen LogP contribution < -0.4 is 11.2 Å². The van der Waals surface area contributed by atoms with E-state index in [9.17, 15) is 71.4 Å². The second-order valence-electron chi connectivity index (χ2n) is 11.4. The number of hydrogen-bond acceptors (Lipinski definition) is 17. The summed E-state index contributed by atoms with van der Waals surface area (Å²) in [6.07, 6.45) is 5.73. The second kappa shape index (κ2) is 20.8. The highest BCUT2D eigenvalue weighted by Gasteiger charge is 2.50. The summed E-state index contributed by atoms with van der Waals surface area (Å²) in [4.78, 5) is 83.7. The first-order chi connectivity index (χ1) is 24.3. The number of phosphoric acid groups is 6. The van der Waals surface area contributed by atoms with Gasteiger partial charge >= 0.3 is 52.6 Å². The monoisotopic (exact) mass is 890 g/mol.